The summed E-state index contributed by atoms with van der Waals surface area (Å²) < 4.78 is 1.68. The van der Waals surface area contributed by atoms with Crippen LogP contribution in [0.3, 0.4) is 0 Å². The smallest absolute Gasteiger partial charge is 0.162 e. The number of aromatic nitrogens is 2. The average Bonchev–Trinajstić information content (AvgIpc) is 2.26. The first-order valence-electron chi connectivity index (χ1n) is 4.42. The second kappa shape index (κ2) is 4.54. The summed E-state index contributed by atoms with van der Waals surface area (Å²) in [6.07, 6.45) is 0. The topological polar surface area (TPSA) is 77.8 Å². The summed E-state index contributed by atoms with van der Waals surface area (Å²) in [7, 11) is 0. The largest absolute Gasteiger partial charge is 0.394 e. The molecule has 0 saturated carbocycles. The predicted octanol–water partition coefficient (Wildman–Crippen LogP) is 2.68. The minimum atomic E-state index is 0.317. The van der Waals surface area contributed by atoms with Crippen molar-refractivity contribution in [3.63, 3.8) is 0 Å². The molecule has 0 bridgehead atoms. The molecule has 0 aliphatic carbocycles. The van der Waals surface area contributed by atoms with Crippen LogP contribution in [-0.4, -0.2) is 9.97 Å². The number of nitrogen functional groups attached to an aromatic ring is 2. The van der Waals surface area contributed by atoms with E-state index in [-0.39, 0.29) is 0 Å². The first-order valence-corrected chi connectivity index (χ1v) is 6.29. The zero-order valence-electron chi connectivity index (χ0n) is 8.11. The minimum Gasteiger partial charge on any atom is -0.394 e. The third kappa shape index (κ3) is 2.27. The number of anilines is 2. The van der Waals surface area contributed by atoms with Gasteiger partial charge in [0.15, 0.2) is 11.6 Å². The molecule has 0 radical (unpaired) electrons. The maximum Gasteiger partial charge on any atom is 0.162 e. The van der Waals surface area contributed by atoms with Crippen molar-refractivity contribution >= 4 is 50.0 Å². The summed E-state index contributed by atoms with van der Waals surface area (Å²) >= 11 is 5.42. The number of nitrogens with two attached hydrogens (primary N) is 2. The zero-order valence-corrected chi connectivity index (χ0v) is 11.9. The first-order chi connectivity index (χ1) is 7.58. The fourth-order valence-corrected chi connectivity index (χ4v) is 1.96. The van der Waals surface area contributed by atoms with E-state index in [9.17, 15) is 0 Å². The molecule has 82 valence electrons. The van der Waals surface area contributed by atoms with Gasteiger partial charge < -0.3 is 11.5 Å². The van der Waals surface area contributed by atoms with E-state index in [0.29, 0.717) is 21.0 Å². The second-order valence-corrected chi connectivity index (χ2v) is 5.08. The number of benzene rings is 1. The molecule has 4 N–H and O–H groups in total. The Kier molecular flexibility index (Phi) is 3.29. The quantitative estimate of drug-likeness (QED) is 0.579. The van der Waals surface area contributed by atoms with Crippen molar-refractivity contribution < 1.29 is 0 Å². The number of nitrogens with zero attached hydrogens (tertiary/aromatic N) is 2. The molecule has 1 aromatic carbocycles. The lowest BCUT2D eigenvalue weighted by atomic mass is 10.2. The van der Waals surface area contributed by atoms with Crippen molar-refractivity contribution in [2.75, 3.05) is 11.5 Å². The molecule has 2 rings (SSSR count). The van der Waals surface area contributed by atoms with Gasteiger partial charge in [0, 0.05) is 10.0 Å². The molecule has 0 aliphatic heterocycles. The van der Waals surface area contributed by atoms with Crippen LogP contribution in [-0.2, 0) is 0 Å². The van der Waals surface area contributed by atoms with E-state index >= 15 is 0 Å². The third-order valence-corrected chi connectivity index (χ3v) is 3.38. The van der Waals surface area contributed by atoms with Crippen LogP contribution in [0.2, 0.25) is 0 Å². The summed E-state index contributed by atoms with van der Waals surface area (Å²) in [4.78, 5) is 8.44. The molecule has 0 aliphatic rings. The van der Waals surface area contributed by atoms with Crippen LogP contribution < -0.4 is 11.5 Å². The molecule has 0 fully saturated rings. The Morgan fingerprint density at radius 3 is 2.25 bits per heavy atom. The summed E-state index contributed by atoms with van der Waals surface area (Å²) in [5.41, 5.74) is 12.7. The summed E-state index contributed by atoms with van der Waals surface area (Å²) in [5, 5.41) is 0. The third-order valence-electron chi connectivity index (χ3n) is 2.03. The highest BCUT2D eigenvalue weighted by atomic mass is 127. The lowest BCUT2D eigenvalue weighted by Crippen LogP contribution is -2.04. The average molecular weight is 391 g/mol. The lowest BCUT2D eigenvalue weighted by molar-refractivity contribution is 1.16. The molecule has 1 heterocycles. The van der Waals surface area contributed by atoms with Gasteiger partial charge in [0.1, 0.15) is 9.39 Å². The Hall–Kier alpha value is -0.890. The van der Waals surface area contributed by atoms with Crippen LogP contribution >= 0.6 is 38.5 Å². The molecule has 0 atom stereocenters. The number of hydrogen-bond acceptors (Lipinski definition) is 4. The van der Waals surface area contributed by atoms with Gasteiger partial charge in [-0.15, -0.1) is 0 Å². The molecule has 0 saturated heterocycles. The fraction of sp³-hybridized carbons (Fsp3) is 0. The van der Waals surface area contributed by atoms with E-state index in [1.807, 2.05) is 46.9 Å². The highest BCUT2D eigenvalue weighted by Gasteiger charge is 2.08. The minimum absolute atomic E-state index is 0.317. The predicted molar refractivity (Wildman–Crippen MR) is 76.7 cm³/mol. The molecule has 1 aromatic heterocycles. The van der Waals surface area contributed by atoms with Crippen molar-refractivity contribution in [3.8, 4) is 11.4 Å². The maximum absolute atomic E-state index is 5.70. The van der Waals surface area contributed by atoms with Gasteiger partial charge in [0.25, 0.3) is 0 Å². The van der Waals surface area contributed by atoms with Gasteiger partial charge in [0.2, 0.25) is 0 Å². The van der Waals surface area contributed by atoms with Gasteiger partial charge in [-0.2, -0.15) is 0 Å². The molecule has 4 nitrogen and oxygen atoms in total. The SMILES string of the molecule is Nc1nc(-c2ccc(Br)cc2)nc(I)c1N. The van der Waals surface area contributed by atoms with Crippen LogP contribution in [0.1, 0.15) is 0 Å². The Balaban J connectivity index is 2.52. The van der Waals surface area contributed by atoms with Crippen molar-refractivity contribution in [3.05, 3.63) is 32.4 Å². The Labute approximate surface area is 115 Å². The molecular weight excluding hydrogens is 383 g/mol. The highest BCUT2D eigenvalue weighted by molar-refractivity contribution is 14.1. The molecular formula is C10H8BrIN4. The number of rotatable bonds is 1. The molecule has 6 heteroatoms. The lowest BCUT2D eigenvalue weighted by Gasteiger charge is -2.05. The van der Waals surface area contributed by atoms with Crippen molar-refractivity contribution in [2.24, 2.45) is 0 Å². The van der Waals surface area contributed by atoms with Gasteiger partial charge in [-0.3, -0.25) is 0 Å². The van der Waals surface area contributed by atoms with E-state index in [1.165, 1.54) is 0 Å². The molecule has 0 unspecified atom stereocenters. The van der Waals surface area contributed by atoms with Crippen LogP contribution in [0.4, 0.5) is 11.5 Å². The highest BCUT2D eigenvalue weighted by Crippen LogP contribution is 2.24. The Morgan fingerprint density at radius 1 is 1.06 bits per heavy atom. The molecule has 0 spiro atoms. The standard InChI is InChI=1S/C10H8BrIN4/c11-6-3-1-5(2-4-6)10-15-8(12)7(13)9(14)16-10/h1-4H,13H2,(H2,14,15,16). The van der Waals surface area contributed by atoms with Crippen LogP contribution in [0, 0.1) is 3.70 Å². The normalized spacial score (nSPS) is 10.4. The van der Waals surface area contributed by atoms with Gasteiger partial charge in [-0.05, 0) is 34.7 Å². The van der Waals surface area contributed by atoms with E-state index in [1.54, 1.807) is 0 Å². The fourth-order valence-electron chi connectivity index (χ4n) is 1.19. The Bertz CT molecular complexity index is 504. The van der Waals surface area contributed by atoms with Gasteiger partial charge in [0.05, 0.1) is 0 Å². The van der Waals surface area contributed by atoms with Crippen molar-refractivity contribution in [1.82, 2.24) is 9.97 Å². The van der Waals surface area contributed by atoms with Crippen molar-refractivity contribution in [1.29, 1.82) is 0 Å². The summed E-state index contributed by atoms with van der Waals surface area (Å²) in [6, 6.07) is 7.70. The second-order valence-electron chi connectivity index (χ2n) is 3.14. The maximum atomic E-state index is 5.70. The van der Waals surface area contributed by atoms with Gasteiger partial charge >= 0.3 is 0 Å². The Morgan fingerprint density at radius 2 is 1.69 bits per heavy atom. The van der Waals surface area contributed by atoms with Crippen LogP contribution in [0.25, 0.3) is 11.4 Å². The van der Waals surface area contributed by atoms with Crippen LogP contribution in [0.15, 0.2) is 28.7 Å². The summed E-state index contributed by atoms with van der Waals surface area (Å²) in [5.74, 6) is 0.904. The van der Waals surface area contributed by atoms with Crippen molar-refractivity contribution in [2.45, 2.75) is 0 Å². The first kappa shape index (κ1) is 11.6. The van der Waals surface area contributed by atoms with E-state index in [0.717, 1.165) is 10.0 Å². The van der Waals surface area contributed by atoms with E-state index < -0.39 is 0 Å². The molecule has 2 aromatic rings. The number of hydrogen-bond donors (Lipinski definition) is 2. The van der Waals surface area contributed by atoms with E-state index in [2.05, 4.69) is 25.9 Å². The molecule has 16 heavy (non-hydrogen) atoms. The monoisotopic (exact) mass is 390 g/mol. The van der Waals surface area contributed by atoms with E-state index in [4.69, 9.17) is 11.5 Å². The number of halogens is 2. The van der Waals surface area contributed by atoms with Gasteiger partial charge in [-0.1, -0.05) is 28.1 Å². The zero-order chi connectivity index (χ0) is 11.7. The van der Waals surface area contributed by atoms with Crippen LogP contribution in [0.5, 0.6) is 0 Å². The summed E-state index contributed by atoms with van der Waals surface area (Å²) in [6.45, 7) is 0. The molecule has 0 amide bonds. The van der Waals surface area contributed by atoms with Gasteiger partial charge in [-0.25, -0.2) is 9.97 Å².